The summed E-state index contributed by atoms with van der Waals surface area (Å²) < 4.78 is 0. The van der Waals surface area contributed by atoms with Gasteiger partial charge in [0.25, 0.3) is 0 Å². The fraction of sp³-hybridized carbons (Fsp3) is 0.500. The van der Waals surface area contributed by atoms with Gasteiger partial charge >= 0.3 is 0 Å². The smallest absolute Gasteiger partial charge is 0.117 e. The summed E-state index contributed by atoms with van der Waals surface area (Å²) in [5.41, 5.74) is 4.78. The fourth-order valence-corrected chi connectivity index (χ4v) is 3.11. The van der Waals surface area contributed by atoms with E-state index in [1.807, 2.05) is 10.9 Å². The molecular formula is C20H28N4. The van der Waals surface area contributed by atoms with E-state index in [4.69, 9.17) is 10.2 Å². The van der Waals surface area contributed by atoms with Crippen molar-refractivity contribution in [1.29, 1.82) is 0 Å². The second-order valence-corrected chi connectivity index (χ2v) is 6.81. The average molecular weight is 324 g/mol. The van der Waals surface area contributed by atoms with E-state index >= 15 is 0 Å². The van der Waals surface area contributed by atoms with Crippen LogP contribution in [0.2, 0.25) is 0 Å². The number of rotatable bonds is 7. The predicted octanol–water partition coefficient (Wildman–Crippen LogP) is 4.51. The third-order valence-corrected chi connectivity index (χ3v) is 4.51. The zero-order valence-corrected chi connectivity index (χ0v) is 14.8. The minimum atomic E-state index is 0.272. The second kappa shape index (κ2) is 8.25. The predicted molar refractivity (Wildman–Crippen MR) is 98.7 cm³/mol. The third kappa shape index (κ3) is 4.32. The van der Waals surface area contributed by atoms with Crippen LogP contribution in [0.4, 0.5) is 0 Å². The highest BCUT2D eigenvalue weighted by molar-refractivity contribution is 5.60. The van der Waals surface area contributed by atoms with E-state index in [0.29, 0.717) is 0 Å². The Morgan fingerprint density at radius 2 is 1.96 bits per heavy atom. The van der Waals surface area contributed by atoms with Crippen molar-refractivity contribution in [2.45, 2.75) is 58.5 Å². The summed E-state index contributed by atoms with van der Waals surface area (Å²) in [4.78, 5) is 1.82. The van der Waals surface area contributed by atoms with E-state index in [-0.39, 0.29) is 6.04 Å². The normalized spacial score (nSPS) is 14.9. The molecule has 0 amide bonds. The van der Waals surface area contributed by atoms with Crippen LogP contribution in [0.3, 0.4) is 0 Å². The lowest BCUT2D eigenvalue weighted by Gasteiger charge is -2.12. The SMILES string of the molecule is CC(C)n1nc(CNCCC2=CCCCC2)c(-c2ccccc2)n1. The summed E-state index contributed by atoms with van der Waals surface area (Å²) in [5, 5.41) is 13.0. The highest BCUT2D eigenvalue weighted by Gasteiger charge is 2.14. The van der Waals surface area contributed by atoms with Crippen LogP contribution in [0, 0.1) is 0 Å². The molecule has 0 atom stereocenters. The third-order valence-electron chi connectivity index (χ3n) is 4.51. The van der Waals surface area contributed by atoms with Crippen molar-refractivity contribution in [2.24, 2.45) is 0 Å². The highest BCUT2D eigenvalue weighted by Crippen LogP contribution is 2.22. The molecule has 1 heterocycles. The van der Waals surface area contributed by atoms with Gasteiger partial charge in [-0.15, -0.1) is 0 Å². The van der Waals surface area contributed by atoms with Crippen molar-refractivity contribution in [1.82, 2.24) is 20.3 Å². The fourth-order valence-electron chi connectivity index (χ4n) is 3.11. The summed E-state index contributed by atoms with van der Waals surface area (Å²) in [7, 11) is 0. The van der Waals surface area contributed by atoms with Crippen LogP contribution in [0.1, 0.15) is 57.7 Å². The second-order valence-electron chi connectivity index (χ2n) is 6.81. The van der Waals surface area contributed by atoms with Crippen LogP contribution in [0.5, 0.6) is 0 Å². The van der Waals surface area contributed by atoms with Crippen LogP contribution < -0.4 is 5.32 Å². The molecule has 0 saturated heterocycles. The van der Waals surface area contributed by atoms with Gasteiger partial charge in [-0.05, 0) is 52.5 Å². The molecule has 3 rings (SSSR count). The molecule has 0 saturated carbocycles. The zero-order valence-electron chi connectivity index (χ0n) is 14.8. The van der Waals surface area contributed by atoms with Crippen molar-refractivity contribution in [3.05, 3.63) is 47.7 Å². The standard InChI is InChI=1S/C20H28N4/c1-16(2)24-22-19(20(23-24)18-11-7-4-8-12-18)15-21-14-13-17-9-5-3-6-10-17/h4,7-9,11-12,16,21H,3,5-6,10,13-15H2,1-2H3. The van der Waals surface area contributed by atoms with E-state index in [1.165, 1.54) is 25.7 Å². The van der Waals surface area contributed by atoms with Crippen molar-refractivity contribution >= 4 is 0 Å². The van der Waals surface area contributed by atoms with Gasteiger partial charge in [0.05, 0.1) is 6.04 Å². The van der Waals surface area contributed by atoms with Gasteiger partial charge in [-0.1, -0.05) is 42.0 Å². The van der Waals surface area contributed by atoms with E-state index in [2.05, 4.69) is 49.5 Å². The molecule has 24 heavy (non-hydrogen) atoms. The molecule has 4 heteroatoms. The zero-order chi connectivity index (χ0) is 16.8. The lowest BCUT2D eigenvalue weighted by Crippen LogP contribution is -2.17. The molecule has 1 aromatic carbocycles. The molecule has 2 aromatic rings. The molecule has 0 unspecified atom stereocenters. The van der Waals surface area contributed by atoms with Crippen molar-refractivity contribution in [3.8, 4) is 11.3 Å². The Morgan fingerprint density at radius 3 is 2.67 bits per heavy atom. The molecule has 0 aliphatic heterocycles. The van der Waals surface area contributed by atoms with E-state index in [1.54, 1.807) is 5.57 Å². The number of hydrogen-bond donors (Lipinski definition) is 1. The van der Waals surface area contributed by atoms with E-state index in [0.717, 1.165) is 36.5 Å². The van der Waals surface area contributed by atoms with Crippen LogP contribution in [-0.4, -0.2) is 21.5 Å². The first-order valence-corrected chi connectivity index (χ1v) is 9.14. The van der Waals surface area contributed by atoms with Crippen LogP contribution in [0.25, 0.3) is 11.3 Å². The molecule has 1 N–H and O–H groups in total. The van der Waals surface area contributed by atoms with Gasteiger partial charge in [-0.2, -0.15) is 15.0 Å². The summed E-state index contributed by atoms with van der Waals surface area (Å²) in [6, 6.07) is 10.6. The van der Waals surface area contributed by atoms with Crippen molar-refractivity contribution in [2.75, 3.05) is 6.54 Å². The van der Waals surface area contributed by atoms with Crippen LogP contribution in [-0.2, 0) is 6.54 Å². The van der Waals surface area contributed by atoms with E-state index in [9.17, 15) is 0 Å². The number of nitrogens with one attached hydrogen (secondary N) is 1. The monoisotopic (exact) mass is 324 g/mol. The Balaban J connectivity index is 1.64. The average Bonchev–Trinajstić information content (AvgIpc) is 3.05. The van der Waals surface area contributed by atoms with Gasteiger partial charge in [0.1, 0.15) is 11.4 Å². The Labute approximate surface area is 145 Å². The first-order valence-electron chi connectivity index (χ1n) is 9.14. The van der Waals surface area contributed by atoms with Gasteiger partial charge in [0.15, 0.2) is 0 Å². The van der Waals surface area contributed by atoms with Gasteiger partial charge in [0, 0.05) is 12.1 Å². The van der Waals surface area contributed by atoms with Gasteiger partial charge in [-0.25, -0.2) is 0 Å². The van der Waals surface area contributed by atoms with Gasteiger partial charge in [0.2, 0.25) is 0 Å². The summed E-state index contributed by atoms with van der Waals surface area (Å²) in [5.74, 6) is 0. The minimum Gasteiger partial charge on any atom is -0.311 e. The lowest BCUT2D eigenvalue weighted by molar-refractivity contribution is 0.461. The van der Waals surface area contributed by atoms with E-state index < -0.39 is 0 Å². The van der Waals surface area contributed by atoms with Crippen LogP contribution in [0.15, 0.2) is 42.0 Å². The van der Waals surface area contributed by atoms with Gasteiger partial charge < -0.3 is 5.32 Å². The maximum Gasteiger partial charge on any atom is 0.117 e. The molecule has 1 aliphatic carbocycles. The molecule has 4 nitrogen and oxygen atoms in total. The molecule has 0 radical (unpaired) electrons. The van der Waals surface area contributed by atoms with Crippen molar-refractivity contribution in [3.63, 3.8) is 0 Å². The maximum absolute atomic E-state index is 4.70. The number of hydrogen-bond acceptors (Lipinski definition) is 3. The Kier molecular flexibility index (Phi) is 5.81. The van der Waals surface area contributed by atoms with Crippen molar-refractivity contribution < 1.29 is 0 Å². The highest BCUT2D eigenvalue weighted by atomic mass is 15.5. The molecular weight excluding hydrogens is 296 g/mol. The number of benzene rings is 1. The molecule has 0 spiro atoms. The molecule has 0 fully saturated rings. The summed E-state index contributed by atoms with van der Waals surface area (Å²) in [6.07, 6.45) is 8.83. The lowest BCUT2D eigenvalue weighted by atomic mass is 9.97. The quantitative estimate of drug-likeness (QED) is 0.602. The Hall–Kier alpha value is -1.94. The minimum absolute atomic E-state index is 0.272. The summed E-state index contributed by atoms with van der Waals surface area (Å²) in [6.45, 7) is 6.00. The molecule has 1 aromatic heterocycles. The molecule has 0 bridgehead atoms. The number of aromatic nitrogens is 3. The first kappa shape index (κ1) is 16.9. The number of nitrogens with zero attached hydrogens (tertiary/aromatic N) is 3. The topological polar surface area (TPSA) is 42.7 Å². The Bertz CT molecular complexity index is 670. The molecule has 128 valence electrons. The largest absolute Gasteiger partial charge is 0.311 e. The van der Waals surface area contributed by atoms with Crippen LogP contribution >= 0.6 is 0 Å². The number of allylic oxidation sites excluding steroid dienone is 1. The first-order chi connectivity index (χ1) is 11.7. The molecule has 1 aliphatic rings. The summed E-state index contributed by atoms with van der Waals surface area (Å²) >= 11 is 0. The Morgan fingerprint density at radius 1 is 1.12 bits per heavy atom. The van der Waals surface area contributed by atoms with Gasteiger partial charge in [-0.3, -0.25) is 0 Å². The maximum atomic E-state index is 4.70.